The third-order valence-corrected chi connectivity index (χ3v) is 5.54. The summed E-state index contributed by atoms with van der Waals surface area (Å²) in [4.78, 5) is 12.8. The van der Waals surface area contributed by atoms with Gasteiger partial charge < -0.3 is 14.9 Å². The highest BCUT2D eigenvalue weighted by atomic mass is 16.5. The number of carbonyl (C=O) groups excluding carboxylic acids is 1. The van der Waals surface area contributed by atoms with Gasteiger partial charge >= 0.3 is 0 Å². The molecule has 24 heavy (non-hydrogen) atoms. The molecule has 1 aromatic rings. The summed E-state index contributed by atoms with van der Waals surface area (Å²) in [5.41, 5.74) is 2.69. The molecular formula is C20H24O4. The Bertz CT molecular complexity index is 744. The van der Waals surface area contributed by atoms with Crippen LogP contribution < -0.4 is 4.74 Å². The van der Waals surface area contributed by atoms with E-state index in [1.165, 1.54) is 6.07 Å². The van der Waals surface area contributed by atoms with Crippen LogP contribution in [0.15, 0.2) is 34.9 Å². The lowest BCUT2D eigenvalue weighted by molar-refractivity contribution is -0.113. The molecule has 0 spiro atoms. The Balaban J connectivity index is 2.04. The second kappa shape index (κ2) is 6.10. The Morgan fingerprint density at radius 1 is 1.38 bits per heavy atom. The van der Waals surface area contributed by atoms with E-state index >= 15 is 0 Å². The van der Waals surface area contributed by atoms with Crippen LogP contribution in [0.4, 0.5) is 0 Å². The molecule has 1 aromatic carbocycles. The van der Waals surface area contributed by atoms with Crippen LogP contribution in [0.2, 0.25) is 0 Å². The number of aliphatic hydroxyl groups is 1. The highest BCUT2D eigenvalue weighted by Gasteiger charge is 2.45. The van der Waals surface area contributed by atoms with Crippen molar-refractivity contribution in [3.05, 3.63) is 40.5 Å². The number of hydrogen-bond donors (Lipinski definition) is 2. The van der Waals surface area contributed by atoms with Crippen molar-refractivity contribution in [2.75, 3.05) is 7.11 Å². The SMILES string of the molecule is COc1ccc(/C=C2\C[C@@]3(C)C(=C(C)C2=O)CCC[C@@H]3O)c(O)c1. The first-order valence-corrected chi connectivity index (χ1v) is 8.37. The quantitative estimate of drug-likeness (QED) is 0.814. The maximum Gasteiger partial charge on any atom is 0.184 e. The second-order valence-electron chi connectivity index (χ2n) is 7.03. The predicted molar refractivity (Wildman–Crippen MR) is 92.9 cm³/mol. The van der Waals surface area contributed by atoms with E-state index in [1.807, 2.05) is 13.8 Å². The number of methoxy groups -OCH3 is 1. The number of aliphatic hydroxyl groups excluding tert-OH is 1. The Morgan fingerprint density at radius 3 is 2.79 bits per heavy atom. The number of ether oxygens (including phenoxy) is 1. The van der Waals surface area contributed by atoms with Crippen molar-refractivity contribution in [2.45, 2.75) is 45.6 Å². The van der Waals surface area contributed by atoms with E-state index in [2.05, 4.69) is 0 Å². The molecule has 128 valence electrons. The van der Waals surface area contributed by atoms with E-state index in [0.717, 1.165) is 30.4 Å². The molecule has 0 aliphatic heterocycles. The van der Waals surface area contributed by atoms with E-state index in [-0.39, 0.29) is 16.9 Å². The van der Waals surface area contributed by atoms with Crippen molar-refractivity contribution in [2.24, 2.45) is 5.41 Å². The normalized spacial score (nSPS) is 28.9. The van der Waals surface area contributed by atoms with Crippen molar-refractivity contribution in [3.8, 4) is 11.5 Å². The molecule has 2 atom stereocenters. The zero-order valence-corrected chi connectivity index (χ0v) is 14.4. The standard InChI is InChI=1S/C20H24O4/c1-12-16-5-4-6-18(22)20(16,2)11-14(19(12)23)9-13-7-8-15(24-3)10-17(13)21/h7-10,18,21-22H,4-6,11H2,1-3H3/b14-9+/t18-,20-/m0/s1. The fourth-order valence-corrected chi connectivity index (χ4v) is 4.05. The largest absolute Gasteiger partial charge is 0.507 e. The molecule has 0 unspecified atom stereocenters. The third-order valence-electron chi connectivity index (χ3n) is 5.54. The number of rotatable bonds is 2. The highest BCUT2D eigenvalue weighted by Crippen LogP contribution is 2.50. The summed E-state index contributed by atoms with van der Waals surface area (Å²) in [7, 11) is 1.54. The number of benzene rings is 1. The monoisotopic (exact) mass is 328 g/mol. The second-order valence-corrected chi connectivity index (χ2v) is 7.03. The molecule has 2 aliphatic carbocycles. The zero-order chi connectivity index (χ0) is 17.5. The predicted octanol–water partition coefficient (Wildman–Crippen LogP) is 3.62. The number of carbonyl (C=O) groups is 1. The van der Waals surface area contributed by atoms with Gasteiger partial charge in [-0.05, 0) is 56.4 Å². The summed E-state index contributed by atoms with van der Waals surface area (Å²) in [6.07, 6.45) is 4.39. The molecule has 2 aliphatic rings. The van der Waals surface area contributed by atoms with Gasteiger partial charge in [-0.2, -0.15) is 0 Å². The first-order chi connectivity index (χ1) is 11.4. The maximum atomic E-state index is 12.8. The maximum absolute atomic E-state index is 12.8. The number of phenols is 1. The fourth-order valence-electron chi connectivity index (χ4n) is 4.05. The van der Waals surface area contributed by atoms with Gasteiger partial charge in [0.25, 0.3) is 0 Å². The van der Waals surface area contributed by atoms with Crippen molar-refractivity contribution in [1.29, 1.82) is 0 Å². The van der Waals surface area contributed by atoms with Gasteiger partial charge in [-0.1, -0.05) is 12.5 Å². The smallest absolute Gasteiger partial charge is 0.184 e. The Labute approximate surface area is 142 Å². The van der Waals surface area contributed by atoms with Gasteiger partial charge in [-0.3, -0.25) is 4.79 Å². The molecule has 0 bridgehead atoms. The van der Waals surface area contributed by atoms with Gasteiger partial charge in [-0.15, -0.1) is 0 Å². The lowest BCUT2D eigenvalue weighted by Gasteiger charge is -2.45. The Kier molecular flexibility index (Phi) is 4.26. The van der Waals surface area contributed by atoms with E-state index in [9.17, 15) is 15.0 Å². The minimum atomic E-state index is -0.433. The zero-order valence-electron chi connectivity index (χ0n) is 14.4. The van der Waals surface area contributed by atoms with Crippen LogP contribution in [0.1, 0.15) is 45.1 Å². The third kappa shape index (κ3) is 2.65. The molecule has 4 heteroatoms. The number of allylic oxidation sites excluding steroid dienone is 2. The number of fused-ring (bicyclic) bond motifs is 1. The molecule has 0 heterocycles. The van der Waals surface area contributed by atoms with Crippen LogP contribution in [-0.4, -0.2) is 29.2 Å². The van der Waals surface area contributed by atoms with Crippen molar-refractivity contribution >= 4 is 11.9 Å². The number of ketones is 1. The Hall–Kier alpha value is -2.07. The lowest BCUT2D eigenvalue weighted by atomic mass is 9.61. The average Bonchev–Trinajstić information content (AvgIpc) is 2.56. The first kappa shape index (κ1) is 16.8. The first-order valence-electron chi connectivity index (χ1n) is 8.37. The van der Waals surface area contributed by atoms with Gasteiger partial charge in [0.2, 0.25) is 0 Å². The van der Waals surface area contributed by atoms with Gasteiger partial charge in [0.05, 0.1) is 13.2 Å². The van der Waals surface area contributed by atoms with Crippen molar-refractivity contribution in [3.63, 3.8) is 0 Å². The number of Topliss-reactive ketones (excluding diaryl/α,β-unsaturated/α-hetero) is 1. The molecule has 0 amide bonds. The number of aromatic hydroxyl groups is 1. The van der Waals surface area contributed by atoms with E-state index < -0.39 is 6.10 Å². The molecule has 1 saturated carbocycles. The van der Waals surface area contributed by atoms with Crippen LogP contribution in [0.5, 0.6) is 11.5 Å². The minimum absolute atomic E-state index is 0.0202. The lowest BCUT2D eigenvalue weighted by Crippen LogP contribution is -2.42. The van der Waals surface area contributed by atoms with Crippen LogP contribution in [0.25, 0.3) is 6.08 Å². The molecule has 2 N–H and O–H groups in total. The molecule has 3 rings (SSSR count). The highest BCUT2D eigenvalue weighted by molar-refractivity contribution is 6.12. The van der Waals surface area contributed by atoms with E-state index in [0.29, 0.717) is 23.3 Å². The number of hydrogen-bond acceptors (Lipinski definition) is 4. The van der Waals surface area contributed by atoms with Crippen LogP contribution in [-0.2, 0) is 4.79 Å². The summed E-state index contributed by atoms with van der Waals surface area (Å²) in [5.74, 6) is 0.667. The average molecular weight is 328 g/mol. The van der Waals surface area contributed by atoms with Gasteiger partial charge in [0.1, 0.15) is 11.5 Å². The fraction of sp³-hybridized carbons (Fsp3) is 0.450. The van der Waals surface area contributed by atoms with Crippen molar-refractivity contribution < 1.29 is 19.7 Å². The van der Waals surface area contributed by atoms with Gasteiger partial charge in [0, 0.05) is 22.6 Å². The van der Waals surface area contributed by atoms with Crippen LogP contribution in [0.3, 0.4) is 0 Å². The Morgan fingerprint density at radius 2 is 2.12 bits per heavy atom. The molecule has 0 radical (unpaired) electrons. The van der Waals surface area contributed by atoms with Gasteiger partial charge in [-0.25, -0.2) is 0 Å². The molecule has 4 nitrogen and oxygen atoms in total. The summed E-state index contributed by atoms with van der Waals surface area (Å²) in [6, 6.07) is 5.03. The molecule has 1 fully saturated rings. The van der Waals surface area contributed by atoms with E-state index in [4.69, 9.17) is 4.74 Å². The molecular weight excluding hydrogens is 304 g/mol. The summed E-state index contributed by atoms with van der Waals surface area (Å²) >= 11 is 0. The summed E-state index contributed by atoms with van der Waals surface area (Å²) in [6.45, 7) is 3.90. The van der Waals surface area contributed by atoms with Crippen molar-refractivity contribution in [1.82, 2.24) is 0 Å². The summed E-state index contributed by atoms with van der Waals surface area (Å²) in [5, 5.41) is 20.7. The topological polar surface area (TPSA) is 66.8 Å². The van der Waals surface area contributed by atoms with E-state index in [1.54, 1.807) is 25.3 Å². The van der Waals surface area contributed by atoms with Crippen LogP contribution >= 0.6 is 0 Å². The molecule has 0 aromatic heterocycles. The molecule has 0 saturated heterocycles. The van der Waals surface area contributed by atoms with Crippen LogP contribution in [0, 0.1) is 5.41 Å². The number of phenolic OH excluding ortho intramolecular Hbond substituents is 1. The summed E-state index contributed by atoms with van der Waals surface area (Å²) < 4.78 is 5.09. The van der Waals surface area contributed by atoms with Gasteiger partial charge in [0.15, 0.2) is 5.78 Å². The minimum Gasteiger partial charge on any atom is -0.507 e.